The fourth-order valence-corrected chi connectivity index (χ4v) is 1.13. The highest BCUT2D eigenvalue weighted by Crippen LogP contribution is 2.15. The zero-order valence-corrected chi connectivity index (χ0v) is 7.47. The Morgan fingerprint density at radius 3 is 2.71 bits per heavy atom. The molecule has 2 aromatic rings. The molecular formula is C8H14N6. The zero-order chi connectivity index (χ0) is 9.42. The first-order valence-electron chi connectivity index (χ1n) is 4.01. The summed E-state index contributed by atoms with van der Waals surface area (Å²) < 4.78 is 1.72. The van der Waals surface area contributed by atoms with Crippen molar-refractivity contribution in [1.82, 2.24) is 25.0 Å². The van der Waals surface area contributed by atoms with E-state index >= 15 is 0 Å². The minimum Gasteiger partial charge on any atom is -0.382 e. The van der Waals surface area contributed by atoms with E-state index in [9.17, 15) is 0 Å². The second-order valence-corrected chi connectivity index (χ2v) is 3.06. The van der Waals surface area contributed by atoms with Crippen molar-refractivity contribution in [3.63, 3.8) is 0 Å². The van der Waals surface area contributed by atoms with Gasteiger partial charge in [0.1, 0.15) is 6.33 Å². The van der Waals surface area contributed by atoms with Gasteiger partial charge in [0.15, 0.2) is 17.0 Å². The molecule has 0 aliphatic heterocycles. The standard InChI is InChI=1S/C7H10N6.CH4/c1-4(2)13-7-5(11-12-13)6(8)9-3-10-7;/h3-4H,1-2H3,(H2,8,9,10);1H4. The van der Waals surface area contributed by atoms with E-state index in [1.54, 1.807) is 4.68 Å². The monoisotopic (exact) mass is 194 g/mol. The van der Waals surface area contributed by atoms with Crippen molar-refractivity contribution in [1.29, 1.82) is 0 Å². The Hall–Kier alpha value is -1.72. The fraction of sp³-hybridized carbons (Fsp3) is 0.500. The van der Waals surface area contributed by atoms with Gasteiger partial charge in [-0.1, -0.05) is 12.6 Å². The maximum absolute atomic E-state index is 5.60. The van der Waals surface area contributed by atoms with Crippen molar-refractivity contribution in [2.45, 2.75) is 27.3 Å². The molecule has 0 atom stereocenters. The highest BCUT2D eigenvalue weighted by atomic mass is 15.5. The molecule has 0 fully saturated rings. The van der Waals surface area contributed by atoms with Crippen molar-refractivity contribution in [2.75, 3.05) is 5.73 Å². The van der Waals surface area contributed by atoms with Crippen LogP contribution in [0.2, 0.25) is 0 Å². The number of nitrogen functional groups attached to an aromatic ring is 1. The summed E-state index contributed by atoms with van der Waals surface area (Å²) in [6.45, 7) is 4.01. The predicted molar refractivity (Wildman–Crippen MR) is 54.6 cm³/mol. The Labute approximate surface area is 82.2 Å². The highest BCUT2D eigenvalue weighted by Gasteiger charge is 2.10. The van der Waals surface area contributed by atoms with Crippen LogP contribution in [0, 0.1) is 0 Å². The van der Waals surface area contributed by atoms with Gasteiger partial charge in [0.25, 0.3) is 0 Å². The van der Waals surface area contributed by atoms with Crippen molar-refractivity contribution in [2.24, 2.45) is 0 Å². The number of anilines is 1. The molecule has 6 heteroatoms. The SMILES string of the molecule is C.CC(C)n1nnc2c(N)ncnc21. The van der Waals surface area contributed by atoms with Crippen molar-refractivity contribution in [3.8, 4) is 0 Å². The largest absolute Gasteiger partial charge is 0.382 e. The Bertz CT molecular complexity index is 432. The number of aromatic nitrogens is 5. The third-order valence-corrected chi connectivity index (χ3v) is 1.78. The first kappa shape index (κ1) is 10.4. The summed E-state index contributed by atoms with van der Waals surface area (Å²) in [4.78, 5) is 7.90. The van der Waals surface area contributed by atoms with Gasteiger partial charge in [-0.15, -0.1) is 5.10 Å². The molecule has 0 saturated heterocycles. The molecule has 2 aromatic heterocycles. The summed E-state index contributed by atoms with van der Waals surface area (Å²) in [6, 6.07) is 0.222. The highest BCUT2D eigenvalue weighted by molar-refractivity contribution is 5.80. The number of nitrogens with two attached hydrogens (primary N) is 1. The zero-order valence-electron chi connectivity index (χ0n) is 7.47. The minimum atomic E-state index is 0. The smallest absolute Gasteiger partial charge is 0.184 e. The van der Waals surface area contributed by atoms with Crippen LogP contribution < -0.4 is 5.73 Å². The number of hydrogen-bond donors (Lipinski definition) is 1. The molecule has 0 aliphatic carbocycles. The average molecular weight is 194 g/mol. The van der Waals surface area contributed by atoms with Gasteiger partial charge < -0.3 is 5.73 Å². The van der Waals surface area contributed by atoms with E-state index in [0.717, 1.165) is 0 Å². The second kappa shape index (κ2) is 3.57. The molecule has 0 amide bonds. The number of rotatable bonds is 1. The van der Waals surface area contributed by atoms with Crippen molar-refractivity contribution in [3.05, 3.63) is 6.33 Å². The minimum absolute atomic E-state index is 0. The second-order valence-electron chi connectivity index (χ2n) is 3.06. The van der Waals surface area contributed by atoms with Crippen LogP contribution in [-0.4, -0.2) is 25.0 Å². The van der Waals surface area contributed by atoms with Gasteiger partial charge in [-0.3, -0.25) is 0 Å². The predicted octanol–water partition coefficient (Wildman–Crippen LogP) is 1.02. The third kappa shape index (κ3) is 1.39. The molecule has 76 valence electrons. The maximum atomic E-state index is 5.60. The molecule has 0 saturated carbocycles. The molecule has 0 aromatic carbocycles. The topological polar surface area (TPSA) is 82.5 Å². The van der Waals surface area contributed by atoms with Crippen LogP contribution in [0.15, 0.2) is 6.33 Å². The van der Waals surface area contributed by atoms with Gasteiger partial charge in [0.2, 0.25) is 0 Å². The quantitative estimate of drug-likeness (QED) is 0.732. The van der Waals surface area contributed by atoms with Crippen LogP contribution in [-0.2, 0) is 0 Å². The molecule has 0 aliphatic rings. The van der Waals surface area contributed by atoms with E-state index in [4.69, 9.17) is 5.73 Å². The van der Waals surface area contributed by atoms with Crippen LogP contribution in [0.25, 0.3) is 11.2 Å². The molecule has 2 N–H and O–H groups in total. The summed E-state index contributed by atoms with van der Waals surface area (Å²) >= 11 is 0. The van der Waals surface area contributed by atoms with Crippen LogP contribution >= 0.6 is 0 Å². The Morgan fingerprint density at radius 2 is 2.07 bits per heavy atom. The van der Waals surface area contributed by atoms with Gasteiger partial charge in [0, 0.05) is 0 Å². The molecule has 2 rings (SSSR count). The number of fused-ring (bicyclic) bond motifs is 1. The van der Waals surface area contributed by atoms with E-state index in [1.165, 1.54) is 6.33 Å². The summed E-state index contributed by atoms with van der Waals surface area (Å²) in [6.07, 6.45) is 1.42. The molecule has 14 heavy (non-hydrogen) atoms. The number of hydrogen-bond acceptors (Lipinski definition) is 5. The third-order valence-electron chi connectivity index (χ3n) is 1.78. The first-order chi connectivity index (χ1) is 6.20. The Kier molecular flexibility index (Phi) is 2.64. The van der Waals surface area contributed by atoms with Gasteiger partial charge in [-0.25, -0.2) is 14.6 Å². The molecule has 0 radical (unpaired) electrons. The van der Waals surface area contributed by atoms with E-state index in [2.05, 4.69) is 20.3 Å². The lowest BCUT2D eigenvalue weighted by molar-refractivity contribution is 0.526. The maximum Gasteiger partial charge on any atom is 0.184 e. The molecular weight excluding hydrogens is 180 g/mol. The van der Waals surface area contributed by atoms with Crippen LogP contribution in [0.4, 0.5) is 5.82 Å². The van der Waals surface area contributed by atoms with Gasteiger partial charge in [-0.2, -0.15) is 0 Å². The lowest BCUT2D eigenvalue weighted by atomic mass is 10.4. The Balaban J connectivity index is 0.000000980. The van der Waals surface area contributed by atoms with Gasteiger partial charge in [-0.05, 0) is 13.8 Å². The lowest BCUT2D eigenvalue weighted by Crippen LogP contribution is -2.04. The lowest BCUT2D eigenvalue weighted by Gasteiger charge is -2.03. The molecule has 6 nitrogen and oxygen atoms in total. The van der Waals surface area contributed by atoms with E-state index in [1.807, 2.05) is 13.8 Å². The van der Waals surface area contributed by atoms with E-state index in [-0.39, 0.29) is 13.5 Å². The summed E-state index contributed by atoms with van der Waals surface area (Å²) in [7, 11) is 0. The van der Waals surface area contributed by atoms with Gasteiger partial charge >= 0.3 is 0 Å². The van der Waals surface area contributed by atoms with Crippen LogP contribution in [0.1, 0.15) is 27.3 Å². The summed E-state index contributed by atoms with van der Waals surface area (Å²) in [5.41, 5.74) is 6.85. The van der Waals surface area contributed by atoms with Gasteiger partial charge in [0.05, 0.1) is 6.04 Å². The normalized spacial score (nSPS) is 10.5. The first-order valence-corrected chi connectivity index (χ1v) is 4.01. The molecule has 0 unspecified atom stereocenters. The molecule has 0 bridgehead atoms. The van der Waals surface area contributed by atoms with Crippen molar-refractivity contribution >= 4 is 17.0 Å². The Morgan fingerprint density at radius 1 is 1.36 bits per heavy atom. The van der Waals surface area contributed by atoms with E-state index in [0.29, 0.717) is 17.0 Å². The summed E-state index contributed by atoms with van der Waals surface area (Å²) in [5.74, 6) is 0.372. The summed E-state index contributed by atoms with van der Waals surface area (Å²) in [5, 5.41) is 7.84. The number of nitrogens with zero attached hydrogens (tertiary/aromatic N) is 5. The average Bonchev–Trinajstić information content (AvgIpc) is 2.48. The molecule has 2 heterocycles. The van der Waals surface area contributed by atoms with E-state index < -0.39 is 0 Å². The van der Waals surface area contributed by atoms with Crippen LogP contribution in [0.3, 0.4) is 0 Å². The van der Waals surface area contributed by atoms with Crippen molar-refractivity contribution < 1.29 is 0 Å². The molecule has 0 spiro atoms. The fourth-order valence-electron chi connectivity index (χ4n) is 1.13. The van der Waals surface area contributed by atoms with Crippen LogP contribution in [0.5, 0.6) is 0 Å².